The lowest BCUT2D eigenvalue weighted by Crippen LogP contribution is -2.04. The molecule has 1 aromatic carbocycles. The fourth-order valence-electron chi connectivity index (χ4n) is 1.81. The number of carbonyl (C=O) groups excluding carboxylic acids is 1. The summed E-state index contributed by atoms with van der Waals surface area (Å²) in [5, 5.41) is 1.99. The highest BCUT2D eigenvalue weighted by Crippen LogP contribution is 2.26. The topological polar surface area (TPSA) is 17.1 Å². The van der Waals surface area contributed by atoms with E-state index >= 15 is 0 Å². The number of hydrogen-bond acceptors (Lipinski definition) is 2. The second-order valence-corrected chi connectivity index (χ2v) is 6.86. The van der Waals surface area contributed by atoms with E-state index in [9.17, 15) is 4.79 Å². The number of hydrogen-bond donors (Lipinski definition) is 0. The van der Waals surface area contributed by atoms with Gasteiger partial charge < -0.3 is 0 Å². The van der Waals surface area contributed by atoms with Crippen LogP contribution >= 0.6 is 43.2 Å². The van der Waals surface area contributed by atoms with Crippen LogP contribution in [0, 0.1) is 13.8 Å². The Labute approximate surface area is 127 Å². The molecule has 0 saturated carbocycles. The van der Waals surface area contributed by atoms with Crippen LogP contribution in [0.1, 0.15) is 26.4 Å². The number of Topliss-reactive ketones (excluding diaryl/α,β-unsaturated/α-hetero) is 1. The zero-order valence-corrected chi connectivity index (χ0v) is 14.1. The number of rotatable bonds is 3. The molecule has 18 heavy (non-hydrogen) atoms. The predicted octanol–water partition coefficient (Wildman–Crippen LogP) is 5.32. The van der Waals surface area contributed by atoms with Gasteiger partial charge in [0.1, 0.15) is 0 Å². The fourth-order valence-corrected chi connectivity index (χ4v) is 3.53. The molecule has 0 radical (unpaired) electrons. The van der Waals surface area contributed by atoms with Crippen LogP contribution in [0.3, 0.4) is 0 Å². The summed E-state index contributed by atoms with van der Waals surface area (Å²) in [5.41, 5.74) is 2.99. The van der Waals surface area contributed by atoms with Gasteiger partial charge in [-0.3, -0.25) is 4.79 Å². The van der Waals surface area contributed by atoms with Crippen molar-refractivity contribution in [1.82, 2.24) is 0 Å². The van der Waals surface area contributed by atoms with Crippen LogP contribution < -0.4 is 0 Å². The van der Waals surface area contributed by atoms with Gasteiger partial charge in [-0.1, -0.05) is 15.9 Å². The van der Waals surface area contributed by atoms with Crippen molar-refractivity contribution in [1.29, 1.82) is 0 Å². The van der Waals surface area contributed by atoms with Crippen molar-refractivity contribution in [3.63, 3.8) is 0 Å². The van der Waals surface area contributed by atoms with Gasteiger partial charge in [0.25, 0.3) is 0 Å². The summed E-state index contributed by atoms with van der Waals surface area (Å²) < 4.78 is 2.10. The Hall–Kier alpha value is -0.450. The van der Waals surface area contributed by atoms with Crippen molar-refractivity contribution in [2.45, 2.75) is 20.3 Å². The summed E-state index contributed by atoms with van der Waals surface area (Å²) in [5.74, 6) is 0.164. The minimum atomic E-state index is 0.164. The van der Waals surface area contributed by atoms with Crippen LogP contribution in [-0.2, 0) is 6.42 Å². The molecule has 94 valence electrons. The molecule has 1 heterocycles. The molecule has 0 unspecified atom stereocenters. The Morgan fingerprint density at radius 1 is 1.22 bits per heavy atom. The molecule has 4 heteroatoms. The van der Waals surface area contributed by atoms with Gasteiger partial charge in [0.15, 0.2) is 5.78 Å². The van der Waals surface area contributed by atoms with Gasteiger partial charge in [-0.2, -0.15) is 0 Å². The maximum atomic E-state index is 12.3. The first kappa shape index (κ1) is 14.0. The summed E-state index contributed by atoms with van der Waals surface area (Å²) in [7, 11) is 0. The molecule has 0 aliphatic heterocycles. The number of carbonyl (C=O) groups is 1. The maximum Gasteiger partial charge on any atom is 0.168 e. The number of ketones is 1. The summed E-state index contributed by atoms with van der Waals surface area (Å²) in [6.45, 7) is 4.02. The first-order valence-electron chi connectivity index (χ1n) is 5.51. The quantitative estimate of drug-likeness (QED) is 0.651. The average molecular weight is 388 g/mol. The Kier molecular flexibility index (Phi) is 4.41. The number of aryl methyl sites for hydroxylation is 2. The molecular formula is C14H12Br2OS. The fraction of sp³-hybridized carbons (Fsp3) is 0.214. The Balaban J connectivity index is 2.27. The van der Waals surface area contributed by atoms with Crippen molar-refractivity contribution in [2.75, 3.05) is 0 Å². The summed E-state index contributed by atoms with van der Waals surface area (Å²) in [4.78, 5) is 13.3. The van der Waals surface area contributed by atoms with Gasteiger partial charge >= 0.3 is 0 Å². The van der Waals surface area contributed by atoms with Crippen LogP contribution in [0.5, 0.6) is 0 Å². The van der Waals surface area contributed by atoms with Crippen molar-refractivity contribution >= 4 is 49.0 Å². The lowest BCUT2D eigenvalue weighted by Gasteiger charge is -2.07. The van der Waals surface area contributed by atoms with E-state index in [1.54, 1.807) is 11.3 Å². The molecule has 0 saturated heterocycles. The second-order valence-electron chi connectivity index (χ2n) is 4.22. The minimum absolute atomic E-state index is 0.164. The molecule has 0 amide bonds. The molecule has 0 N–H and O–H groups in total. The summed E-state index contributed by atoms with van der Waals surface area (Å²) >= 11 is 8.58. The standard InChI is InChI=1S/C14H12Br2OS/c1-8-5-10(6-9(2)14(8)16)12(17)7-13-11(15)3-4-18-13/h3-6H,7H2,1-2H3. The Morgan fingerprint density at radius 3 is 2.33 bits per heavy atom. The zero-order chi connectivity index (χ0) is 13.3. The number of thiophene rings is 1. The molecule has 0 spiro atoms. The van der Waals surface area contributed by atoms with Gasteiger partial charge in [-0.05, 0) is 64.5 Å². The Morgan fingerprint density at radius 2 is 1.83 bits per heavy atom. The van der Waals surface area contributed by atoms with Crippen LogP contribution in [0.4, 0.5) is 0 Å². The van der Waals surface area contributed by atoms with E-state index in [4.69, 9.17) is 0 Å². The Bertz CT molecular complexity index is 579. The molecular weight excluding hydrogens is 376 g/mol. The van der Waals surface area contributed by atoms with Gasteiger partial charge in [0.05, 0.1) is 0 Å². The van der Waals surface area contributed by atoms with E-state index in [1.807, 2.05) is 37.4 Å². The molecule has 0 aliphatic rings. The normalized spacial score (nSPS) is 10.7. The molecule has 2 rings (SSSR count). The van der Waals surface area contributed by atoms with Crippen molar-refractivity contribution < 1.29 is 4.79 Å². The van der Waals surface area contributed by atoms with E-state index < -0.39 is 0 Å². The predicted molar refractivity (Wildman–Crippen MR) is 83.7 cm³/mol. The van der Waals surface area contributed by atoms with Crippen LogP contribution in [0.2, 0.25) is 0 Å². The first-order valence-corrected chi connectivity index (χ1v) is 7.97. The first-order chi connectivity index (χ1) is 8.49. The largest absolute Gasteiger partial charge is 0.294 e. The smallest absolute Gasteiger partial charge is 0.168 e. The second kappa shape index (κ2) is 5.68. The third-order valence-corrected chi connectivity index (χ3v) is 5.95. The molecule has 0 bridgehead atoms. The lowest BCUT2D eigenvalue weighted by molar-refractivity contribution is 0.0993. The van der Waals surface area contributed by atoms with Crippen molar-refractivity contribution in [2.24, 2.45) is 0 Å². The minimum Gasteiger partial charge on any atom is -0.294 e. The molecule has 2 aromatic rings. The van der Waals surface area contributed by atoms with E-state index in [1.165, 1.54) is 0 Å². The van der Waals surface area contributed by atoms with Crippen LogP contribution in [0.25, 0.3) is 0 Å². The van der Waals surface area contributed by atoms with Gasteiger partial charge in [0.2, 0.25) is 0 Å². The van der Waals surface area contributed by atoms with Crippen LogP contribution in [0.15, 0.2) is 32.5 Å². The monoisotopic (exact) mass is 386 g/mol. The average Bonchev–Trinajstić information content (AvgIpc) is 2.71. The number of halogens is 2. The highest BCUT2D eigenvalue weighted by atomic mass is 79.9. The third-order valence-electron chi connectivity index (χ3n) is 2.77. The third kappa shape index (κ3) is 2.92. The molecule has 0 atom stereocenters. The lowest BCUT2D eigenvalue weighted by atomic mass is 10.0. The van der Waals surface area contributed by atoms with E-state index in [0.717, 1.165) is 30.5 Å². The highest BCUT2D eigenvalue weighted by Gasteiger charge is 2.12. The number of benzene rings is 1. The van der Waals surface area contributed by atoms with Gasteiger partial charge in [-0.25, -0.2) is 0 Å². The molecule has 1 nitrogen and oxygen atoms in total. The summed E-state index contributed by atoms with van der Waals surface area (Å²) in [6.07, 6.45) is 0.457. The van der Waals surface area contributed by atoms with E-state index in [2.05, 4.69) is 31.9 Å². The van der Waals surface area contributed by atoms with Gasteiger partial charge in [0, 0.05) is 25.8 Å². The summed E-state index contributed by atoms with van der Waals surface area (Å²) in [6, 6.07) is 5.87. The van der Waals surface area contributed by atoms with E-state index in [0.29, 0.717) is 6.42 Å². The van der Waals surface area contributed by atoms with Crippen molar-refractivity contribution in [3.05, 3.63) is 54.1 Å². The van der Waals surface area contributed by atoms with Crippen molar-refractivity contribution in [3.8, 4) is 0 Å². The molecule has 0 aliphatic carbocycles. The van der Waals surface area contributed by atoms with E-state index in [-0.39, 0.29) is 5.78 Å². The SMILES string of the molecule is Cc1cc(C(=O)Cc2sccc2Br)cc(C)c1Br. The van der Waals surface area contributed by atoms with Crippen LogP contribution in [-0.4, -0.2) is 5.78 Å². The zero-order valence-electron chi connectivity index (χ0n) is 10.1. The molecule has 0 fully saturated rings. The highest BCUT2D eigenvalue weighted by molar-refractivity contribution is 9.10. The maximum absolute atomic E-state index is 12.3. The molecule has 1 aromatic heterocycles. The van der Waals surface area contributed by atoms with Gasteiger partial charge in [-0.15, -0.1) is 11.3 Å².